The number of ether oxygens (including phenoxy) is 2. The van der Waals surface area contributed by atoms with Gasteiger partial charge in [-0.05, 0) is 19.2 Å². The highest BCUT2D eigenvalue weighted by Crippen LogP contribution is 2.37. The van der Waals surface area contributed by atoms with Crippen LogP contribution in [0.1, 0.15) is 6.42 Å². The first-order valence-corrected chi connectivity index (χ1v) is 6.23. The highest BCUT2D eigenvalue weighted by Gasteiger charge is 2.42. The van der Waals surface area contributed by atoms with Crippen molar-refractivity contribution in [3.8, 4) is 5.75 Å². The van der Waals surface area contributed by atoms with Crippen LogP contribution < -0.4 is 10.1 Å². The Labute approximate surface area is 111 Å². The fourth-order valence-corrected chi connectivity index (χ4v) is 2.53. The largest absolute Gasteiger partial charge is 0.484 e. The second kappa shape index (κ2) is 5.44. The molecule has 0 radical (unpaired) electrons. The van der Waals surface area contributed by atoms with Gasteiger partial charge in [0.15, 0.2) is 5.75 Å². The minimum Gasteiger partial charge on any atom is -0.484 e. The first-order valence-electron chi connectivity index (χ1n) is 5.48. The molecule has 17 heavy (non-hydrogen) atoms. The highest BCUT2D eigenvalue weighted by atomic mass is 35.5. The van der Waals surface area contributed by atoms with Crippen molar-refractivity contribution in [3.63, 3.8) is 0 Å². The molecule has 1 N–H and O–H groups in total. The quantitative estimate of drug-likeness (QED) is 0.917. The van der Waals surface area contributed by atoms with E-state index < -0.39 is 0 Å². The van der Waals surface area contributed by atoms with Gasteiger partial charge >= 0.3 is 0 Å². The molecule has 0 heterocycles. The van der Waals surface area contributed by atoms with Crippen LogP contribution in [0, 0.1) is 0 Å². The third kappa shape index (κ3) is 2.52. The van der Waals surface area contributed by atoms with Crippen molar-refractivity contribution in [3.05, 3.63) is 28.2 Å². The van der Waals surface area contributed by atoms with Gasteiger partial charge in [0, 0.05) is 19.6 Å². The van der Waals surface area contributed by atoms with Crippen LogP contribution in [-0.4, -0.2) is 32.4 Å². The maximum atomic E-state index is 6.05. The Hall–Kier alpha value is -0.480. The van der Waals surface area contributed by atoms with Gasteiger partial charge in [-0.15, -0.1) is 0 Å². The summed E-state index contributed by atoms with van der Waals surface area (Å²) in [5, 5.41) is 4.23. The Bertz CT molecular complexity index is 380. The lowest BCUT2D eigenvalue weighted by Crippen LogP contribution is -2.60. The number of nitrogens with one attached hydrogen (secondary N) is 1. The zero-order chi connectivity index (χ0) is 12.4. The molecule has 3 unspecified atom stereocenters. The average molecular weight is 276 g/mol. The summed E-state index contributed by atoms with van der Waals surface area (Å²) in [5.41, 5.74) is 0. The number of halogens is 2. The summed E-state index contributed by atoms with van der Waals surface area (Å²) in [6.07, 6.45) is 0.915. The first kappa shape index (κ1) is 13.0. The van der Waals surface area contributed by atoms with E-state index in [1.807, 2.05) is 7.05 Å². The molecule has 0 amide bonds. The number of benzene rings is 1. The molecule has 0 bridgehead atoms. The SMILES string of the molecule is CNC1CC(Oc2c(Cl)cccc2Cl)C1OC. The van der Waals surface area contributed by atoms with Crippen molar-refractivity contribution in [1.29, 1.82) is 0 Å². The van der Waals surface area contributed by atoms with E-state index in [4.69, 9.17) is 32.7 Å². The van der Waals surface area contributed by atoms with Crippen LogP contribution in [0.5, 0.6) is 5.75 Å². The van der Waals surface area contributed by atoms with E-state index in [-0.39, 0.29) is 12.2 Å². The molecule has 94 valence electrons. The number of hydrogen-bond acceptors (Lipinski definition) is 3. The molecule has 0 spiro atoms. The van der Waals surface area contributed by atoms with Crippen molar-refractivity contribution in [1.82, 2.24) is 5.32 Å². The van der Waals surface area contributed by atoms with E-state index in [2.05, 4.69) is 5.32 Å². The van der Waals surface area contributed by atoms with E-state index in [9.17, 15) is 0 Å². The van der Waals surface area contributed by atoms with Crippen LogP contribution in [-0.2, 0) is 4.74 Å². The lowest BCUT2D eigenvalue weighted by Gasteiger charge is -2.43. The molecular weight excluding hydrogens is 261 g/mol. The molecule has 0 aliphatic heterocycles. The lowest BCUT2D eigenvalue weighted by atomic mass is 9.85. The third-order valence-electron chi connectivity index (χ3n) is 3.08. The number of methoxy groups -OCH3 is 1. The van der Waals surface area contributed by atoms with Gasteiger partial charge in [0.1, 0.15) is 12.2 Å². The molecular formula is C12H15Cl2NO2. The summed E-state index contributed by atoms with van der Waals surface area (Å²) < 4.78 is 11.2. The van der Waals surface area contributed by atoms with Gasteiger partial charge in [0.05, 0.1) is 10.0 Å². The van der Waals surface area contributed by atoms with Crippen molar-refractivity contribution < 1.29 is 9.47 Å². The molecule has 1 aliphatic rings. The predicted octanol–water partition coefficient (Wildman–Crippen LogP) is 2.75. The van der Waals surface area contributed by atoms with Crippen molar-refractivity contribution in [2.24, 2.45) is 0 Å². The molecule has 0 aromatic heterocycles. The molecule has 1 aromatic rings. The Morgan fingerprint density at radius 1 is 1.29 bits per heavy atom. The number of hydrogen-bond donors (Lipinski definition) is 1. The van der Waals surface area contributed by atoms with Gasteiger partial charge < -0.3 is 14.8 Å². The zero-order valence-corrected chi connectivity index (χ0v) is 11.3. The monoisotopic (exact) mass is 275 g/mol. The van der Waals surface area contributed by atoms with E-state index in [1.165, 1.54) is 0 Å². The smallest absolute Gasteiger partial charge is 0.157 e. The van der Waals surface area contributed by atoms with Gasteiger partial charge in [-0.1, -0.05) is 29.3 Å². The fraction of sp³-hybridized carbons (Fsp3) is 0.500. The lowest BCUT2D eigenvalue weighted by molar-refractivity contribution is -0.0868. The number of likely N-dealkylation sites (N-methyl/N-ethyl adjacent to an activating group) is 1. The van der Waals surface area contributed by atoms with Gasteiger partial charge in [-0.2, -0.15) is 0 Å². The minimum absolute atomic E-state index is 0.00477. The van der Waals surface area contributed by atoms with Crippen LogP contribution in [0.25, 0.3) is 0 Å². The molecule has 0 saturated heterocycles. The Morgan fingerprint density at radius 3 is 2.47 bits per heavy atom. The molecule has 1 fully saturated rings. The summed E-state index contributed by atoms with van der Waals surface area (Å²) in [7, 11) is 3.59. The van der Waals surface area contributed by atoms with Gasteiger partial charge in [0.25, 0.3) is 0 Å². The minimum atomic E-state index is -0.00477. The topological polar surface area (TPSA) is 30.5 Å². The van der Waals surface area contributed by atoms with Crippen molar-refractivity contribution in [2.45, 2.75) is 24.7 Å². The van der Waals surface area contributed by atoms with Crippen LogP contribution in [0.4, 0.5) is 0 Å². The van der Waals surface area contributed by atoms with Crippen molar-refractivity contribution >= 4 is 23.2 Å². The highest BCUT2D eigenvalue weighted by molar-refractivity contribution is 6.37. The molecule has 3 nitrogen and oxygen atoms in total. The summed E-state index contributed by atoms with van der Waals surface area (Å²) in [4.78, 5) is 0. The molecule has 1 saturated carbocycles. The maximum absolute atomic E-state index is 6.05. The Kier molecular flexibility index (Phi) is 4.15. The Balaban J connectivity index is 2.07. The summed E-state index contributed by atoms with van der Waals surface area (Å²) in [6.45, 7) is 0. The van der Waals surface area contributed by atoms with E-state index in [1.54, 1.807) is 25.3 Å². The van der Waals surface area contributed by atoms with Crippen LogP contribution in [0.15, 0.2) is 18.2 Å². The first-order chi connectivity index (χ1) is 8.17. The molecule has 1 aliphatic carbocycles. The van der Waals surface area contributed by atoms with Gasteiger partial charge in [0.2, 0.25) is 0 Å². The maximum Gasteiger partial charge on any atom is 0.157 e. The van der Waals surface area contributed by atoms with E-state index >= 15 is 0 Å². The zero-order valence-electron chi connectivity index (χ0n) is 9.74. The normalized spacial score (nSPS) is 27.6. The second-order valence-corrected chi connectivity index (χ2v) is 4.85. The summed E-state index contributed by atoms with van der Waals surface area (Å²) >= 11 is 12.1. The predicted molar refractivity (Wildman–Crippen MR) is 69.1 cm³/mol. The summed E-state index contributed by atoms with van der Waals surface area (Å²) in [5.74, 6) is 0.539. The number of para-hydroxylation sites is 1. The average Bonchev–Trinajstić information content (AvgIpc) is 2.27. The molecule has 3 atom stereocenters. The van der Waals surface area contributed by atoms with Crippen LogP contribution in [0.3, 0.4) is 0 Å². The second-order valence-electron chi connectivity index (χ2n) is 4.04. The Morgan fingerprint density at radius 2 is 1.94 bits per heavy atom. The van der Waals surface area contributed by atoms with Gasteiger partial charge in [-0.25, -0.2) is 0 Å². The van der Waals surface area contributed by atoms with Crippen molar-refractivity contribution in [2.75, 3.05) is 14.2 Å². The number of rotatable bonds is 4. The van der Waals surface area contributed by atoms with E-state index in [0.717, 1.165) is 6.42 Å². The van der Waals surface area contributed by atoms with E-state index in [0.29, 0.717) is 21.8 Å². The van der Waals surface area contributed by atoms with Crippen LogP contribution in [0.2, 0.25) is 10.0 Å². The third-order valence-corrected chi connectivity index (χ3v) is 3.68. The molecule has 2 rings (SSSR count). The standard InChI is InChI=1S/C12H15Cl2NO2/c1-15-9-6-10(12(9)16-2)17-11-7(13)4-3-5-8(11)14/h3-5,9-10,12,15H,6H2,1-2H3. The summed E-state index contributed by atoms with van der Waals surface area (Å²) in [6, 6.07) is 5.64. The molecule has 5 heteroatoms. The molecule has 1 aromatic carbocycles. The van der Waals surface area contributed by atoms with Gasteiger partial charge in [-0.3, -0.25) is 0 Å². The fourth-order valence-electron chi connectivity index (χ4n) is 2.04. The van der Waals surface area contributed by atoms with Crippen LogP contribution >= 0.6 is 23.2 Å².